The Labute approximate surface area is 111 Å². The molecule has 0 saturated heterocycles. The average molecular weight is 247 g/mol. The Morgan fingerprint density at radius 3 is 2.50 bits per heavy atom. The Balaban J connectivity index is 2.34. The fourth-order valence-corrected chi connectivity index (χ4v) is 2.11. The van der Waals surface area contributed by atoms with Crippen molar-refractivity contribution in [2.45, 2.75) is 58.8 Å². The average Bonchev–Trinajstić information content (AvgIpc) is 2.36. The molecular weight excluding hydrogens is 222 g/mol. The second-order valence-corrected chi connectivity index (χ2v) is 5.03. The number of nitrogens with two attached hydrogens (primary N) is 1. The lowest BCUT2D eigenvalue weighted by Gasteiger charge is -2.06. The van der Waals surface area contributed by atoms with E-state index in [1.165, 1.54) is 25.7 Å². The maximum atomic E-state index is 12.0. The first-order chi connectivity index (χ1) is 8.65. The van der Waals surface area contributed by atoms with Crippen molar-refractivity contribution in [3.8, 4) is 0 Å². The lowest BCUT2D eigenvalue weighted by Crippen LogP contribution is -2.04. The molecule has 0 amide bonds. The molecule has 18 heavy (non-hydrogen) atoms. The van der Waals surface area contributed by atoms with E-state index < -0.39 is 0 Å². The van der Waals surface area contributed by atoms with Crippen LogP contribution < -0.4 is 5.73 Å². The monoisotopic (exact) mass is 247 g/mol. The van der Waals surface area contributed by atoms with Gasteiger partial charge in [-0.15, -0.1) is 0 Å². The summed E-state index contributed by atoms with van der Waals surface area (Å²) in [6, 6.07) is 5.66. The van der Waals surface area contributed by atoms with Crippen molar-refractivity contribution >= 4 is 11.5 Å². The highest BCUT2D eigenvalue weighted by Crippen LogP contribution is 2.17. The van der Waals surface area contributed by atoms with E-state index in [-0.39, 0.29) is 5.78 Å². The van der Waals surface area contributed by atoms with Crippen LogP contribution in [0.4, 0.5) is 5.69 Å². The van der Waals surface area contributed by atoms with Crippen molar-refractivity contribution in [3.05, 3.63) is 29.3 Å². The highest BCUT2D eigenvalue weighted by molar-refractivity contribution is 6.00. The van der Waals surface area contributed by atoms with E-state index in [2.05, 4.69) is 6.92 Å². The number of Topliss-reactive ketones (excluding diaryl/α,β-unsaturated/α-hetero) is 1. The molecule has 0 aliphatic carbocycles. The van der Waals surface area contributed by atoms with Crippen LogP contribution in [0.2, 0.25) is 0 Å². The number of hydrogen-bond donors (Lipinski definition) is 1. The normalized spacial score (nSPS) is 10.6. The summed E-state index contributed by atoms with van der Waals surface area (Å²) < 4.78 is 0. The Hall–Kier alpha value is -1.31. The second-order valence-electron chi connectivity index (χ2n) is 5.03. The van der Waals surface area contributed by atoms with E-state index in [0.29, 0.717) is 17.7 Å². The lowest BCUT2D eigenvalue weighted by atomic mass is 10.0. The molecule has 2 N–H and O–H groups in total. The highest BCUT2D eigenvalue weighted by atomic mass is 16.1. The zero-order valence-corrected chi connectivity index (χ0v) is 11.7. The third kappa shape index (κ3) is 4.91. The molecule has 0 unspecified atom stereocenters. The standard InChI is InChI=1S/C16H25NO/c1-3-4-5-6-7-8-9-16(18)14-12-13(2)10-11-15(14)17/h10-12H,3-9,17H2,1-2H3. The number of carbonyl (C=O) groups is 1. The van der Waals surface area contributed by atoms with Gasteiger partial charge < -0.3 is 5.73 Å². The Morgan fingerprint density at radius 1 is 1.11 bits per heavy atom. The van der Waals surface area contributed by atoms with Gasteiger partial charge in [0.25, 0.3) is 0 Å². The minimum Gasteiger partial charge on any atom is -0.398 e. The summed E-state index contributed by atoms with van der Waals surface area (Å²) in [6.45, 7) is 4.20. The summed E-state index contributed by atoms with van der Waals surface area (Å²) in [6.07, 6.45) is 7.85. The molecule has 100 valence electrons. The van der Waals surface area contributed by atoms with E-state index >= 15 is 0 Å². The van der Waals surface area contributed by atoms with Crippen LogP contribution in [0.3, 0.4) is 0 Å². The highest BCUT2D eigenvalue weighted by Gasteiger charge is 2.09. The predicted octanol–water partition coefficient (Wildman–Crippen LogP) is 4.51. The number of rotatable bonds is 8. The van der Waals surface area contributed by atoms with Crippen LogP contribution in [0.25, 0.3) is 0 Å². The summed E-state index contributed by atoms with van der Waals surface area (Å²) in [5, 5.41) is 0. The van der Waals surface area contributed by atoms with Crippen molar-refractivity contribution in [1.29, 1.82) is 0 Å². The van der Waals surface area contributed by atoms with E-state index in [1.54, 1.807) is 0 Å². The SMILES string of the molecule is CCCCCCCCC(=O)c1cc(C)ccc1N. The van der Waals surface area contributed by atoms with Crippen molar-refractivity contribution in [2.75, 3.05) is 5.73 Å². The minimum absolute atomic E-state index is 0.187. The van der Waals surface area contributed by atoms with Crippen LogP contribution in [-0.4, -0.2) is 5.78 Å². The number of unbranched alkanes of at least 4 members (excludes halogenated alkanes) is 5. The van der Waals surface area contributed by atoms with Crippen LogP contribution >= 0.6 is 0 Å². The molecule has 0 aliphatic rings. The second kappa shape index (κ2) is 7.91. The molecule has 1 aromatic carbocycles. The minimum atomic E-state index is 0.187. The van der Waals surface area contributed by atoms with Crippen LogP contribution in [-0.2, 0) is 0 Å². The Morgan fingerprint density at radius 2 is 1.78 bits per heavy atom. The maximum absolute atomic E-state index is 12.0. The molecule has 0 saturated carbocycles. The third-order valence-electron chi connectivity index (χ3n) is 3.27. The van der Waals surface area contributed by atoms with Gasteiger partial charge in [0.05, 0.1) is 0 Å². The van der Waals surface area contributed by atoms with E-state index in [1.807, 2.05) is 25.1 Å². The summed E-state index contributed by atoms with van der Waals surface area (Å²) in [5.74, 6) is 0.187. The molecule has 2 nitrogen and oxygen atoms in total. The molecule has 2 heteroatoms. The molecule has 1 aromatic rings. The molecule has 1 rings (SSSR count). The molecule has 0 spiro atoms. The van der Waals surface area contributed by atoms with Gasteiger partial charge in [-0.3, -0.25) is 4.79 Å². The van der Waals surface area contributed by atoms with Crippen molar-refractivity contribution in [1.82, 2.24) is 0 Å². The zero-order chi connectivity index (χ0) is 13.4. The largest absolute Gasteiger partial charge is 0.398 e. The van der Waals surface area contributed by atoms with Crippen LogP contribution in [0, 0.1) is 6.92 Å². The van der Waals surface area contributed by atoms with Gasteiger partial charge in [0, 0.05) is 17.7 Å². The molecule has 0 bridgehead atoms. The molecule has 0 heterocycles. The number of anilines is 1. The summed E-state index contributed by atoms with van der Waals surface area (Å²) >= 11 is 0. The number of benzene rings is 1. The van der Waals surface area contributed by atoms with Crippen molar-refractivity contribution in [2.24, 2.45) is 0 Å². The smallest absolute Gasteiger partial charge is 0.164 e. The zero-order valence-electron chi connectivity index (χ0n) is 11.7. The van der Waals surface area contributed by atoms with Crippen LogP contribution in [0.15, 0.2) is 18.2 Å². The quantitative estimate of drug-likeness (QED) is 0.417. The fraction of sp³-hybridized carbons (Fsp3) is 0.562. The number of nitrogen functional groups attached to an aromatic ring is 1. The van der Waals surface area contributed by atoms with Crippen molar-refractivity contribution < 1.29 is 4.79 Å². The van der Waals surface area contributed by atoms with Gasteiger partial charge in [-0.05, 0) is 25.5 Å². The van der Waals surface area contributed by atoms with Crippen LogP contribution in [0.1, 0.15) is 67.8 Å². The molecule has 0 aromatic heterocycles. The molecule has 0 radical (unpaired) electrons. The molecule has 0 aliphatic heterocycles. The molecule has 0 fully saturated rings. The first-order valence-electron chi connectivity index (χ1n) is 7.04. The first kappa shape index (κ1) is 14.7. The molecular formula is C16H25NO. The Kier molecular flexibility index (Phi) is 6.48. The number of carbonyl (C=O) groups excluding carboxylic acids is 1. The lowest BCUT2D eigenvalue weighted by molar-refractivity contribution is 0.0980. The summed E-state index contributed by atoms with van der Waals surface area (Å²) in [5.41, 5.74) is 8.24. The number of hydrogen-bond acceptors (Lipinski definition) is 2. The summed E-state index contributed by atoms with van der Waals surface area (Å²) in [7, 11) is 0. The predicted molar refractivity (Wildman–Crippen MR) is 77.9 cm³/mol. The van der Waals surface area contributed by atoms with Gasteiger partial charge in [0.1, 0.15) is 0 Å². The van der Waals surface area contributed by atoms with Gasteiger partial charge in [-0.25, -0.2) is 0 Å². The number of aryl methyl sites for hydroxylation is 1. The maximum Gasteiger partial charge on any atom is 0.164 e. The number of ketones is 1. The Bertz CT molecular complexity index is 385. The van der Waals surface area contributed by atoms with Gasteiger partial charge in [-0.1, -0.05) is 50.7 Å². The fourth-order valence-electron chi connectivity index (χ4n) is 2.11. The van der Waals surface area contributed by atoms with Gasteiger partial charge >= 0.3 is 0 Å². The topological polar surface area (TPSA) is 43.1 Å². The third-order valence-corrected chi connectivity index (χ3v) is 3.27. The van der Waals surface area contributed by atoms with Gasteiger partial charge in [-0.2, -0.15) is 0 Å². The molecule has 0 atom stereocenters. The van der Waals surface area contributed by atoms with Crippen molar-refractivity contribution in [3.63, 3.8) is 0 Å². The van der Waals surface area contributed by atoms with Crippen LogP contribution in [0.5, 0.6) is 0 Å². The summed E-state index contributed by atoms with van der Waals surface area (Å²) in [4.78, 5) is 12.0. The van der Waals surface area contributed by atoms with E-state index in [9.17, 15) is 4.79 Å². The first-order valence-corrected chi connectivity index (χ1v) is 7.04. The van der Waals surface area contributed by atoms with E-state index in [0.717, 1.165) is 18.4 Å². The van der Waals surface area contributed by atoms with E-state index in [4.69, 9.17) is 5.73 Å². The van der Waals surface area contributed by atoms with Gasteiger partial charge in [0.2, 0.25) is 0 Å². The van der Waals surface area contributed by atoms with Gasteiger partial charge in [0.15, 0.2) is 5.78 Å².